The lowest BCUT2D eigenvalue weighted by molar-refractivity contribution is -0.384. The van der Waals surface area contributed by atoms with Gasteiger partial charge in [-0.3, -0.25) is 20.2 Å². The van der Waals surface area contributed by atoms with Crippen LogP contribution in [0, 0.1) is 10.1 Å². The average Bonchev–Trinajstić information content (AvgIpc) is 3.15. The first-order chi connectivity index (χ1) is 12.0. The van der Waals surface area contributed by atoms with E-state index in [1.54, 1.807) is 6.07 Å². The number of aliphatic hydroxyl groups is 1. The Balaban J connectivity index is 1.85. The Labute approximate surface area is 140 Å². The van der Waals surface area contributed by atoms with Crippen molar-refractivity contribution in [1.82, 2.24) is 10.3 Å². The zero-order valence-electron chi connectivity index (χ0n) is 12.7. The second-order valence-electron chi connectivity index (χ2n) is 5.12. The van der Waals surface area contributed by atoms with Crippen LogP contribution in [0.15, 0.2) is 39.9 Å². The molecule has 1 aliphatic heterocycles. The minimum Gasteiger partial charge on any atom is -0.455 e. The fourth-order valence-electron chi connectivity index (χ4n) is 2.21. The highest BCUT2D eigenvalue weighted by molar-refractivity contribution is 6.02. The highest BCUT2D eigenvalue weighted by atomic mass is 16.6. The molecule has 1 aromatic carbocycles. The smallest absolute Gasteiger partial charge is 0.344 e. The van der Waals surface area contributed by atoms with Crippen LogP contribution in [0.3, 0.4) is 0 Å². The third-order valence-corrected chi connectivity index (χ3v) is 3.46. The SMILES string of the molecule is O=C1CN(/N=C/c2oc(-c3ccc([N+](=O)[O-])cc3)cc2CO)C(=O)N1. The molecule has 1 aromatic heterocycles. The van der Waals surface area contributed by atoms with Crippen molar-refractivity contribution >= 4 is 23.8 Å². The van der Waals surface area contributed by atoms with Gasteiger partial charge in [0.15, 0.2) is 5.76 Å². The Kier molecular flexibility index (Phi) is 4.27. The van der Waals surface area contributed by atoms with Crippen LogP contribution >= 0.6 is 0 Å². The normalized spacial score (nSPS) is 14.4. The number of nitrogens with one attached hydrogen (secondary N) is 1. The number of furan rings is 1. The second kappa shape index (κ2) is 6.53. The summed E-state index contributed by atoms with van der Waals surface area (Å²) < 4.78 is 5.59. The molecule has 1 saturated heterocycles. The molecule has 0 unspecified atom stereocenters. The van der Waals surface area contributed by atoms with Crippen molar-refractivity contribution in [3.8, 4) is 11.3 Å². The van der Waals surface area contributed by atoms with Gasteiger partial charge in [-0.25, -0.2) is 9.80 Å². The summed E-state index contributed by atoms with van der Waals surface area (Å²) in [5.41, 5.74) is 0.946. The van der Waals surface area contributed by atoms with Crippen LogP contribution in [-0.4, -0.2) is 39.7 Å². The Hall–Kier alpha value is -3.53. The van der Waals surface area contributed by atoms with Gasteiger partial charge in [0.05, 0.1) is 17.7 Å². The summed E-state index contributed by atoms with van der Waals surface area (Å²) in [7, 11) is 0. The number of benzene rings is 1. The molecule has 0 saturated carbocycles. The predicted octanol–water partition coefficient (Wildman–Crippen LogP) is 1.23. The number of hydrazone groups is 1. The zero-order valence-corrected chi connectivity index (χ0v) is 12.7. The van der Waals surface area contributed by atoms with Gasteiger partial charge in [-0.05, 0) is 18.2 Å². The van der Waals surface area contributed by atoms with Crippen LogP contribution in [0.4, 0.5) is 10.5 Å². The molecular formula is C15H12N4O6. The van der Waals surface area contributed by atoms with Crippen molar-refractivity contribution in [2.45, 2.75) is 6.61 Å². The van der Waals surface area contributed by atoms with Crippen LogP contribution in [0.1, 0.15) is 11.3 Å². The number of imide groups is 1. The van der Waals surface area contributed by atoms with Crippen LogP contribution in [-0.2, 0) is 11.4 Å². The van der Waals surface area contributed by atoms with E-state index in [0.717, 1.165) is 5.01 Å². The summed E-state index contributed by atoms with van der Waals surface area (Å²) in [6, 6.07) is 6.64. The molecule has 2 aromatic rings. The van der Waals surface area contributed by atoms with E-state index in [-0.39, 0.29) is 24.6 Å². The van der Waals surface area contributed by atoms with E-state index in [1.807, 2.05) is 0 Å². The molecule has 0 bridgehead atoms. The summed E-state index contributed by atoms with van der Waals surface area (Å²) in [6.45, 7) is -0.525. The van der Waals surface area contributed by atoms with Gasteiger partial charge in [0.2, 0.25) is 5.91 Å². The van der Waals surface area contributed by atoms with Gasteiger partial charge in [-0.15, -0.1) is 0 Å². The van der Waals surface area contributed by atoms with Gasteiger partial charge in [0.1, 0.15) is 12.3 Å². The maximum absolute atomic E-state index is 11.4. The van der Waals surface area contributed by atoms with E-state index in [1.165, 1.54) is 30.5 Å². The Morgan fingerprint density at radius 2 is 2.08 bits per heavy atom. The number of carbonyl (C=O) groups excluding carboxylic acids is 2. The molecule has 3 amide bonds. The monoisotopic (exact) mass is 344 g/mol. The van der Waals surface area contributed by atoms with Crippen molar-refractivity contribution in [3.05, 3.63) is 51.8 Å². The number of nitrogens with zero attached hydrogens (tertiary/aromatic N) is 3. The van der Waals surface area contributed by atoms with E-state index >= 15 is 0 Å². The quantitative estimate of drug-likeness (QED) is 0.362. The molecule has 1 fully saturated rings. The number of hydrogen-bond acceptors (Lipinski definition) is 7. The average molecular weight is 344 g/mol. The number of nitro benzene ring substituents is 1. The molecule has 10 heteroatoms. The van der Waals surface area contributed by atoms with Crippen LogP contribution in [0.2, 0.25) is 0 Å². The van der Waals surface area contributed by atoms with Crippen LogP contribution < -0.4 is 5.32 Å². The molecule has 128 valence electrons. The molecule has 0 radical (unpaired) electrons. The highest BCUT2D eigenvalue weighted by Gasteiger charge is 2.26. The van der Waals surface area contributed by atoms with E-state index in [9.17, 15) is 24.8 Å². The van der Waals surface area contributed by atoms with E-state index in [0.29, 0.717) is 16.9 Å². The maximum atomic E-state index is 11.4. The number of hydrogen-bond donors (Lipinski definition) is 2. The molecule has 0 atom stereocenters. The minimum absolute atomic E-state index is 0.0517. The van der Waals surface area contributed by atoms with Crippen molar-refractivity contribution < 1.29 is 24.0 Å². The van der Waals surface area contributed by atoms with Gasteiger partial charge in [-0.1, -0.05) is 0 Å². The summed E-state index contributed by atoms with van der Waals surface area (Å²) in [5, 5.41) is 27.0. The van der Waals surface area contributed by atoms with Gasteiger partial charge in [-0.2, -0.15) is 5.10 Å². The fourth-order valence-corrected chi connectivity index (χ4v) is 2.21. The van der Waals surface area contributed by atoms with Gasteiger partial charge in [0, 0.05) is 23.3 Å². The maximum Gasteiger partial charge on any atom is 0.344 e. The van der Waals surface area contributed by atoms with Crippen LogP contribution in [0.25, 0.3) is 11.3 Å². The van der Waals surface area contributed by atoms with Crippen molar-refractivity contribution in [2.24, 2.45) is 5.10 Å². The largest absolute Gasteiger partial charge is 0.455 e. The Bertz CT molecular complexity index is 871. The third kappa shape index (κ3) is 3.38. The lowest BCUT2D eigenvalue weighted by atomic mass is 10.1. The number of nitro groups is 1. The summed E-state index contributed by atoms with van der Waals surface area (Å²) >= 11 is 0. The lowest BCUT2D eigenvalue weighted by Crippen LogP contribution is -2.24. The number of amides is 3. The van der Waals surface area contributed by atoms with Gasteiger partial charge < -0.3 is 9.52 Å². The molecule has 2 N–H and O–H groups in total. The van der Waals surface area contributed by atoms with E-state index < -0.39 is 16.9 Å². The first kappa shape index (κ1) is 16.3. The Morgan fingerprint density at radius 1 is 1.36 bits per heavy atom. The molecule has 10 nitrogen and oxygen atoms in total. The molecule has 0 spiro atoms. The predicted molar refractivity (Wildman–Crippen MR) is 84.6 cm³/mol. The number of carbonyl (C=O) groups is 2. The van der Waals surface area contributed by atoms with Gasteiger partial charge >= 0.3 is 6.03 Å². The molecule has 25 heavy (non-hydrogen) atoms. The van der Waals surface area contributed by atoms with E-state index in [4.69, 9.17) is 4.42 Å². The minimum atomic E-state index is -0.644. The molecule has 3 rings (SSSR count). The molecule has 0 aliphatic carbocycles. The third-order valence-electron chi connectivity index (χ3n) is 3.46. The first-order valence-corrected chi connectivity index (χ1v) is 7.11. The first-order valence-electron chi connectivity index (χ1n) is 7.11. The van der Waals surface area contributed by atoms with Gasteiger partial charge in [0.25, 0.3) is 5.69 Å². The van der Waals surface area contributed by atoms with Crippen molar-refractivity contribution in [3.63, 3.8) is 0 Å². The standard InChI is InChI=1S/C15H12N4O6/c20-8-10-5-12(9-1-3-11(4-2-9)19(23)24)25-13(10)6-16-18-7-14(21)17-15(18)22/h1-6,20H,7-8H2,(H,17,21,22)/b16-6+. The number of urea groups is 1. The molecule has 2 heterocycles. The molecule has 1 aliphatic rings. The fraction of sp³-hybridized carbons (Fsp3) is 0.133. The Morgan fingerprint density at radius 3 is 2.64 bits per heavy atom. The summed E-state index contributed by atoms with van der Waals surface area (Å²) in [5.74, 6) is 0.126. The van der Waals surface area contributed by atoms with Crippen molar-refractivity contribution in [1.29, 1.82) is 0 Å². The lowest BCUT2D eigenvalue weighted by Gasteiger charge is -2.03. The topological polar surface area (TPSA) is 138 Å². The number of aliphatic hydroxyl groups excluding tert-OH is 1. The molecular weight excluding hydrogens is 332 g/mol. The zero-order chi connectivity index (χ0) is 18.0. The second-order valence-corrected chi connectivity index (χ2v) is 5.12. The highest BCUT2D eigenvalue weighted by Crippen LogP contribution is 2.27. The van der Waals surface area contributed by atoms with Crippen molar-refractivity contribution in [2.75, 3.05) is 6.54 Å². The number of non-ortho nitro benzene ring substituents is 1. The summed E-state index contributed by atoms with van der Waals surface area (Å²) in [6.07, 6.45) is 1.22. The summed E-state index contributed by atoms with van der Waals surface area (Å²) in [4.78, 5) is 32.7. The van der Waals surface area contributed by atoms with E-state index in [2.05, 4.69) is 10.4 Å². The van der Waals surface area contributed by atoms with Crippen LogP contribution in [0.5, 0.6) is 0 Å². The number of rotatable bonds is 5.